The van der Waals surface area contributed by atoms with Crippen LogP contribution in [0.2, 0.25) is 0 Å². The van der Waals surface area contributed by atoms with Gasteiger partial charge in [-0.25, -0.2) is 14.6 Å². The zero-order valence-corrected chi connectivity index (χ0v) is 22.3. The van der Waals surface area contributed by atoms with E-state index < -0.39 is 17.8 Å². The minimum atomic E-state index is -0.617. The third-order valence-electron chi connectivity index (χ3n) is 5.60. The number of nitrogens with one attached hydrogen (secondary N) is 2. The van der Waals surface area contributed by atoms with Crippen molar-refractivity contribution < 1.29 is 23.6 Å². The molecule has 4 rings (SSSR count). The molecule has 0 radical (unpaired) electrons. The third kappa shape index (κ3) is 5.97. The lowest BCUT2D eigenvalue weighted by atomic mass is 10.1. The minimum Gasteiger partial charge on any atom is -0.447 e. The molecule has 0 fully saturated rings. The SMILES string of the molecule is Cc1cc2nc3cc(C)c(NC(=O)OC(C)(C)C)cc3[n+](-c3ccccc3)c2cc1NC(=O)OC(C)C. The average Bonchev–Trinajstić information content (AvgIpc) is 2.78. The van der Waals surface area contributed by atoms with Crippen molar-refractivity contribution in [1.82, 2.24) is 4.98 Å². The number of rotatable bonds is 4. The number of aromatic nitrogens is 2. The van der Waals surface area contributed by atoms with Crippen molar-refractivity contribution in [3.8, 4) is 5.69 Å². The highest BCUT2D eigenvalue weighted by Crippen LogP contribution is 2.27. The summed E-state index contributed by atoms with van der Waals surface area (Å²) in [6, 6.07) is 17.6. The Labute approximate surface area is 216 Å². The second-order valence-electron chi connectivity index (χ2n) is 10.3. The molecule has 3 aromatic carbocycles. The average molecular weight is 502 g/mol. The number of ether oxygens (including phenoxy) is 2. The molecule has 37 heavy (non-hydrogen) atoms. The Balaban J connectivity index is 1.93. The van der Waals surface area contributed by atoms with Crippen LogP contribution >= 0.6 is 0 Å². The maximum absolute atomic E-state index is 12.5. The van der Waals surface area contributed by atoms with Crippen LogP contribution in [0.25, 0.3) is 27.8 Å². The van der Waals surface area contributed by atoms with Crippen molar-refractivity contribution >= 4 is 45.6 Å². The molecule has 0 aliphatic carbocycles. The van der Waals surface area contributed by atoms with E-state index in [1.165, 1.54) is 0 Å². The van der Waals surface area contributed by atoms with Gasteiger partial charge in [0.15, 0.2) is 0 Å². The first kappa shape index (κ1) is 25.9. The maximum Gasteiger partial charge on any atom is 0.412 e. The predicted molar refractivity (Wildman–Crippen MR) is 145 cm³/mol. The van der Waals surface area contributed by atoms with Crippen molar-refractivity contribution in [2.24, 2.45) is 0 Å². The second kappa shape index (κ2) is 10.0. The van der Waals surface area contributed by atoms with Gasteiger partial charge in [-0.05, 0) is 71.7 Å². The molecule has 8 heteroatoms. The summed E-state index contributed by atoms with van der Waals surface area (Å²) in [6.07, 6.45) is -1.28. The summed E-state index contributed by atoms with van der Waals surface area (Å²) in [5.41, 5.74) is 6.37. The standard InChI is InChI=1S/C29H32N4O4/c1-17(2)36-27(34)31-21-15-25-23(13-18(21)3)30-24-14-19(4)22(32-28(35)37-29(5,6)7)16-26(24)33(25)20-11-9-8-10-12-20/h8-17H,1-7H3,(H,31,32,34,35)/p+1. The molecule has 0 aliphatic rings. The first-order chi connectivity index (χ1) is 17.4. The molecule has 0 atom stereocenters. The van der Waals surface area contributed by atoms with E-state index in [1.54, 1.807) is 13.8 Å². The highest BCUT2D eigenvalue weighted by Gasteiger charge is 2.24. The molecule has 0 spiro atoms. The van der Waals surface area contributed by atoms with Gasteiger partial charge in [-0.2, -0.15) is 0 Å². The van der Waals surface area contributed by atoms with Crippen molar-refractivity contribution in [1.29, 1.82) is 0 Å². The Morgan fingerprint density at radius 2 is 1.35 bits per heavy atom. The smallest absolute Gasteiger partial charge is 0.412 e. The number of amides is 2. The van der Waals surface area contributed by atoms with E-state index in [2.05, 4.69) is 15.2 Å². The van der Waals surface area contributed by atoms with Crippen LogP contribution in [-0.4, -0.2) is 28.9 Å². The molecular formula is C29H33N4O4+. The fourth-order valence-electron chi connectivity index (χ4n) is 4.05. The van der Waals surface area contributed by atoms with Crippen LogP contribution in [0.3, 0.4) is 0 Å². The molecule has 0 saturated carbocycles. The quantitative estimate of drug-likeness (QED) is 0.243. The van der Waals surface area contributed by atoms with Crippen LogP contribution in [0.5, 0.6) is 0 Å². The number of nitrogens with zero attached hydrogens (tertiary/aromatic N) is 2. The molecule has 1 aromatic heterocycles. The van der Waals surface area contributed by atoms with E-state index >= 15 is 0 Å². The lowest BCUT2D eigenvalue weighted by Gasteiger charge is -2.20. The lowest BCUT2D eigenvalue weighted by Crippen LogP contribution is -2.34. The number of aryl methyl sites for hydroxylation is 2. The topological polar surface area (TPSA) is 93.4 Å². The molecule has 0 aliphatic heterocycles. The number of hydrogen-bond acceptors (Lipinski definition) is 5. The summed E-state index contributed by atoms with van der Waals surface area (Å²) in [5, 5.41) is 5.73. The summed E-state index contributed by atoms with van der Waals surface area (Å²) >= 11 is 0. The number of hydrogen-bond donors (Lipinski definition) is 2. The Bertz CT molecular complexity index is 1490. The number of benzene rings is 3. The first-order valence-electron chi connectivity index (χ1n) is 12.2. The number of carbonyl (C=O) groups is 2. The first-order valence-corrected chi connectivity index (χ1v) is 12.2. The Hall–Kier alpha value is -4.20. The summed E-state index contributed by atoms with van der Waals surface area (Å²) in [6.45, 7) is 12.9. The van der Waals surface area contributed by atoms with Gasteiger partial charge in [0.1, 0.15) is 16.6 Å². The fourth-order valence-corrected chi connectivity index (χ4v) is 4.05. The monoisotopic (exact) mass is 501 g/mol. The normalized spacial score (nSPS) is 11.6. The molecule has 4 aromatic rings. The van der Waals surface area contributed by atoms with Crippen LogP contribution in [0.1, 0.15) is 45.7 Å². The summed E-state index contributed by atoms with van der Waals surface area (Å²) in [5.74, 6) is 0. The number of fused-ring (bicyclic) bond motifs is 2. The second-order valence-corrected chi connectivity index (χ2v) is 10.3. The van der Waals surface area contributed by atoms with Gasteiger partial charge < -0.3 is 9.47 Å². The maximum atomic E-state index is 12.5. The van der Waals surface area contributed by atoms with Gasteiger partial charge in [-0.1, -0.05) is 18.2 Å². The van der Waals surface area contributed by atoms with E-state index in [0.717, 1.165) is 38.9 Å². The molecule has 0 unspecified atom stereocenters. The van der Waals surface area contributed by atoms with E-state index in [0.29, 0.717) is 11.4 Å². The van der Waals surface area contributed by atoms with Crippen molar-refractivity contribution in [3.63, 3.8) is 0 Å². The Morgan fingerprint density at radius 1 is 0.838 bits per heavy atom. The largest absolute Gasteiger partial charge is 0.447 e. The molecule has 192 valence electrons. The zero-order valence-electron chi connectivity index (χ0n) is 22.3. The van der Waals surface area contributed by atoms with Gasteiger partial charge in [0.05, 0.1) is 17.5 Å². The summed E-state index contributed by atoms with van der Waals surface area (Å²) < 4.78 is 12.8. The number of carbonyl (C=O) groups excluding carboxylic acids is 2. The van der Waals surface area contributed by atoms with Gasteiger partial charge in [-0.15, -0.1) is 4.57 Å². The zero-order chi connectivity index (χ0) is 26.9. The van der Waals surface area contributed by atoms with Gasteiger partial charge in [0.25, 0.3) is 0 Å². The predicted octanol–water partition coefficient (Wildman–Crippen LogP) is 6.59. The third-order valence-corrected chi connectivity index (χ3v) is 5.60. The molecular weight excluding hydrogens is 468 g/mol. The fraction of sp³-hybridized carbons (Fsp3) is 0.310. The van der Waals surface area contributed by atoms with E-state index in [-0.39, 0.29) is 6.10 Å². The highest BCUT2D eigenvalue weighted by atomic mass is 16.6. The van der Waals surface area contributed by atoms with Crippen molar-refractivity contribution in [2.45, 2.75) is 60.2 Å². The van der Waals surface area contributed by atoms with Crippen LogP contribution in [0.15, 0.2) is 54.6 Å². The van der Waals surface area contributed by atoms with Crippen molar-refractivity contribution in [3.05, 3.63) is 65.7 Å². The molecule has 2 N–H and O–H groups in total. The number of para-hydroxylation sites is 1. The lowest BCUT2D eigenvalue weighted by molar-refractivity contribution is -0.538. The molecule has 2 amide bonds. The van der Waals surface area contributed by atoms with Gasteiger partial charge >= 0.3 is 12.2 Å². The van der Waals surface area contributed by atoms with Crippen molar-refractivity contribution in [2.75, 3.05) is 10.6 Å². The van der Waals surface area contributed by atoms with E-state index in [1.807, 2.05) is 89.2 Å². The Kier molecular flexibility index (Phi) is 7.03. The summed E-state index contributed by atoms with van der Waals surface area (Å²) in [7, 11) is 0. The minimum absolute atomic E-state index is 0.236. The van der Waals surface area contributed by atoms with Crippen LogP contribution in [0.4, 0.5) is 21.0 Å². The van der Waals surface area contributed by atoms with E-state index in [9.17, 15) is 9.59 Å². The van der Waals surface area contributed by atoms with E-state index in [4.69, 9.17) is 14.5 Å². The van der Waals surface area contributed by atoms with Gasteiger partial charge in [0, 0.05) is 24.3 Å². The molecule has 8 nitrogen and oxygen atoms in total. The van der Waals surface area contributed by atoms with Gasteiger partial charge in [-0.3, -0.25) is 10.6 Å². The molecule has 0 saturated heterocycles. The number of anilines is 2. The van der Waals surface area contributed by atoms with Crippen LogP contribution in [-0.2, 0) is 9.47 Å². The summed E-state index contributed by atoms with van der Waals surface area (Å²) in [4.78, 5) is 29.8. The Morgan fingerprint density at radius 3 is 1.84 bits per heavy atom. The van der Waals surface area contributed by atoms with Crippen LogP contribution in [0, 0.1) is 13.8 Å². The molecule has 0 bridgehead atoms. The van der Waals surface area contributed by atoms with Gasteiger partial charge in [0.2, 0.25) is 16.7 Å². The van der Waals surface area contributed by atoms with Crippen LogP contribution < -0.4 is 15.2 Å². The highest BCUT2D eigenvalue weighted by molar-refractivity contribution is 5.93. The molecule has 1 heterocycles.